The molecule has 2 aromatic heterocycles. The van der Waals surface area contributed by atoms with E-state index >= 15 is 0 Å². The molecule has 1 spiro atoms. The second-order valence-corrected chi connectivity index (χ2v) is 10.6. The van der Waals surface area contributed by atoms with E-state index in [1.807, 2.05) is 12.1 Å². The van der Waals surface area contributed by atoms with Crippen molar-refractivity contribution in [2.75, 3.05) is 7.11 Å². The number of nitrogens with zero attached hydrogens (tertiary/aromatic N) is 1. The smallest absolute Gasteiger partial charge is 0.354 e. The van der Waals surface area contributed by atoms with Crippen LogP contribution in [0.5, 0.6) is 11.5 Å². The lowest BCUT2D eigenvalue weighted by Gasteiger charge is -2.34. The number of methoxy groups -OCH3 is 1. The van der Waals surface area contributed by atoms with Gasteiger partial charge in [0.2, 0.25) is 0 Å². The Bertz CT molecular complexity index is 1600. The lowest BCUT2D eigenvalue weighted by Crippen LogP contribution is -2.31. The number of aromatic nitrogens is 1. The first-order chi connectivity index (χ1) is 16.9. The molecule has 6 rings (SSSR count). The van der Waals surface area contributed by atoms with Crippen molar-refractivity contribution < 1.29 is 14.3 Å². The number of benzene rings is 2. The third-order valence-electron chi connectivity index (χ3n) is 7.20. The number of hydrogen-bond donors (Lipinski definition) is 1. The molecular formula is C27H22ClNO5S. The van der Waals surface area contributed by atoms with Crippen LogP contribution in [0.2, 0.25) is 5.02 Å². The molecule has 0 saturated heterocycles. The summed E-state index contributed by atoms with van der Waals surface area (Å²) in [6, 6.07) is 14.4. The van der Waals surface area contributed by atoms with Crippen molar-refractivity contribution in [1.29, 1.82) is 0 Å². The number of hydrogen-bond acceptors (Lipinski definition) is 6. The molecule has 1 saturated carbocycles. The van der Waals surface area contributed by atoms with Crippen LogP contribution in [0.15, 0.2) is 72.3 Å². The molecule has 2 aliphatic rings. The van der Waals surface area contributed by atoms with Crippen LogP contribution in [0.1, 0.15) is 43.4 Å². The van der Waals surface area contributed by atoms with Crippen LogP contribution in [-0.2, 0) is 5.41 Å². The Labute approximate surface area is 210 Å². The van der Waals surface area contributed by atoms with Crippen molar-refractivity contribution in [1.82, 2.24) is 4.57 Å². The lowest BCUT2D eigenvalue weighted by molar-refractivity contribution is 0.346. The zero-order valence-corrected chi connectivity index (χ0v) is 20.5. The number of fused-ring (bicyclic) bond motifs is 6. The predicted octanol–water partition coefficient (Wildman–Crippen LogP) is 6.03. The SMILES string of the molecule is COc1ccc(Sc2c(O)c3c(=O)n4c(cc3oc2=O)C2(CCCCC2)c2cc(Cl)ccc2-4)cc1. The summed E-state index contributed by atoms with van der Waals surface area (Å²) >= 11 is 7.43. The molecule has 0 atom stereocenters. The fraction of sp³-hybridized carbons (Fsp3) is 0.259. The van der Waals surface area contributed by atoms with Crippen molar-refractivity contribution in [2.24, 2.45) is 0 Å². The average Bonchev–Trinajstić information content (AvgIpc) is 3.11. The monoisotopic (exact) mass is 507 g/mol. The molecule has 178 valence electrons. The normalized spacial score (nSPS) is 15.8. The Morgan fingerprint density at radius 3 is 2.51 bits per heavy atom. The Morgan fingerprint density at radius 2 is 1.80 bits per heavy atom. The summed E-state index contributed by atoms with van der Waals surface area (Å²) in [6.45, 7) is 0. The number of ether oxygens (including phenoxy) is 1. The minimum Gasteiger partial charge on any atom is -0.505 e. The summed E-state index contributed by atoms with van der Waals surface area (Å²) in [5.74, 6) is 0.311. The molecule has 2 aromatic carbocycles. The fourth-order valence-electron chi connectivity index (χ4n) is 5.59. The van der Waals surface area contributed by atoms with Crippen LogP contribution < -0.4 is 15.9 Å². The summed E-state index contributed by atoms with van der Waals surface area (Å²) in [5.41, 5.74) is 1.24. The molecule has 4 aromatic rings. The molecule has 1 aliphatic heterocycles. The predicted molar refractivity (Wildman–Crippen MR) is 136 cm³/mol. The van der Waals surface area contributed by atoms with Gasteiger partial charge >= 0.3 is 5.63 Å². The van der Waals surface area contributed by atoms with E-state index in [0.29, 0.717) is 15.7 Å². The van der Waals surface area contributed by atoms with E-state index in [-0.39, 0.29) is 27.0 Å². The van der Waals surface area contributed by atoms with E-state index in [2.05, 4.69) is 0 Å². The van der Waals surface area contributed by atoms with Crippen molar-refractivity contribution in [2.45, 2.75) is 47.3 Å². The summed E-state index contributed by atoms with van der Waals surface area (Å²) < 4.78 is 12.5. The van der Waals surface area contributed by atoms with Gasteiger partial charge in [-0.05, 0) is 60.9 Å². The number of aromatic hydroxyl groups is 1. The first-order valence-corrected chi connectivity index (χ1v) is 12.7. The molecule has 0 bridgehead atoms. The van der Waals surface area contributed by atoms with Gasteiger partial charge in [-0.15, -0.1) is 0 Å². The lowest BCUT2D eigenvalue weighted by atomic mass is 9.68. The van der Waals surface area contributed by atoms with Crippen molar-refractivity contribution in [3.05, 3.63) is 85.6 Å². The van der Waals surface area contributed by atoms with Gasteiger partial charge in [-0.2, -0.15) is 0 Å². The minimum absolute atomic E-state index is 0.00174. The van der Waals surface area contributed by atoms with Gasteiger partial charge in [0.1, 0.15) is 21.6 Å². The van der Waals surface area contributed by atoms with E-state index < -0.39 is 11.2 Å². The van der Waals surface area contributed by atoms with E-state index in [1.165, 1.54) is 0 Å². The topological polar surface area (TPSA) is 81.7 Å². The maximum absolute atomic E-state index is 13.9. The van der Waals surface area contributed by atoms with Gasteiger partial charge in [0, 0.05) is 27.1 Å². The fourth-order valence-corrected chi connectivity index (χ4v) is 6.59. The Balaban J connectivity index is 1.58. The molecule has 1 aliphatic carbocycles. The Kier molecular flexibility index (Phi) is 5.23. The van der Waals surface area contributed by atoms with Gasteiger partial charge in [-0.3, -0.25) is 9.36 Å². The van der Waals surface area contributed by atoms with Crippen LogP contribution in [0.3, 0.4) is 0 Å². The standard InChI is InChI=1S/C27H22ClNO5S/c1-33-16-6-8-17(9-7-16)35-24-23(30)22-20(34-26(24)32)14-21-27(11-3-2-4-12-27)18-13-15(28)5-10-19(18)29(21)25(22)31/h5-10,13-14,30H,2-4,11-12H2,1H3. The highest BCUT2D eigenvalue weighted by Gasteiger charge is 2.45. The summed E-state index contributed by atoms with van der Waals surface area (Å²) in [4.78, 5) is 27.5. The first-order valence-electron chi connectivity index (χ1n) is 11.5. The van der Waals surface area contributed by atoms with Crippen LogP contribution >= 0.6 is 23.4 Å². The molecule has 8 heteroatoms. The zero-order chi connectivity index (χ0) is 24.3. The number of halogens is 1. The third-order valence-corrected chi connectivity index (χ3v) is 8.51. The van der Waals surface area contributed by atoms with E-state index in [0.717, 1.165) is 60.8 Å². The van der Waals surface area contributed by atoms with Crippen LogP contribution in [-0.4, -0.2) is 16.8 Å². The minimum atomic E-state index is -0.684. The van der Waals surface area contributed by atoms with Gasteiger partial charge in [0.05, 0.1) is 12.8 Å². The quantitative estimate of drug-likeness (QED) is 0.365. The van der Waals surface area contributed by atoms with Crippen LogP contribution in [0, 0.1) is 0 Å². The van der Waals surface area contributed by atoms with Gasteiger partial charge in [-0.25, -0.2) is 4.79 Å². The van der Waals surface area contributed by atoms with Gasteiger partial charge in [-0.1, -0.05) is 42.6 Å². The zero-order valence-electron chi connectivity index (χ0n) is 19.0. The molecule has 3 heterocycles. The summed E-state index contributed by atoms with van der Waals surface area (Å²) in [5, 5.41) is 11.8. The molecular weight excluding hydrogens is 486 g/mol. The third kappa shape index (κ3) is 3.32. The molecule has 0 unspecified atom stereocenters. The van der Waals surface area contributed by atoms with E-state index in [9.17, 15) is 14.7 Å². The van der Waals surface area contributed by atoms with Gasteiger partial charge in [0.25, 0.3) is 5.56 Å². The van der Waals surface area contributed by atoms with E-state index in [1.54, 1.807) is 48.1 Å². The molecule has 0 radical (unpaired) electrons. The maximum atomic E-state index is 13.9. The molecule has 6 nitrogen and oxygen atoms in total. The van der Waals surface area contributed by atoms with Crippen molar-refractivity contribution in [3.63, 3.8) is 0 Å². The van der Waals surface area contributed by atoms with Crippen molar-refractivity contribution >= 4 is 34.3 Å². The highest BCUT2D eigenvalue weighted by atomic mass is 35.5. The molecule has 1 N–H and O–H groups in total. The summed E-state index contributed by atoms with van der Waals surface area (Å²) in [7, 11) is 1.57. The average molecular weight is 508 g/mol. The van der Waals surface area contributed by atoms with Crippen LogP contribution in [0.4, 0.5) is 0 Å². The molecule has 35 heavy (non-hydrogen) atoms. The second-order valence-electron chi connectivity index (χ2n) is 9.06. The molecule has 1 fully saturated rings. The van der Waals surface area contributed by atoms with E-state index in [4.69, 9.17) is 20.8 Å². The van der Waals surface area contributed by atoms with Crippen molar-refractivity contribution in [3.8, 4) is 17.2 Å². The molecule has 0 amide bonds. The van der Waals surface area contributed by atoms with Crippen LogP contribution in [0.25, 0.3) is 16.7 Å². The Morgan fingerprint density at radius 1 is 1.06 bits per heavy atom. The number of rotatable bonds is 3. The maximum Gasteiger partial charge on any atom is 0.354 e. The first kappa shape index (κ1) is 22.3. The summed E-state index contributed by atoms with van der Waals surface area (Å²) in [6.07, 6.45) is 4.97. The van der Waals surface area contributed by atoms with Gasteiger partial charge in [0.15, 0.2) is 5.75 Å². The number of pyridine rings is 1. The Hall–Kier alpha value is -3.16. The second kappa shape index (κ2) is 8.21. The van der Waals surface area contributed by atoms with Gasteiger partial charge < -0.3 is 14.3 Å². The largest absolute Gasteiger partial charge is 0.505 e. The highest BCUT2D eigenvalue weighted by molar-refractivity contribution is 7.99. The highest BCUT2D eigenvalue weighted by Crippen LogP contribution is 2.52.